The van der Waals surface area contributed by atoms with Crippen LogP contribution >= 0.6 is 11.3 Å². The van der Waals surface area contributed by atoms with Crippen LogP contribution in [0, 0.1) is 13.8 Å². The molecule has 140 valence electrons. The minimum Gasteiger partial charge on any atom is -0.459 e. The zero-order chi connectivity index (χ0) is 18.8. The molecule has 0 aromatic carbocycles. The van der Waals surface area contributed by atoms with E-state index in [1.165, 1.54) is 11.3 Å². The molecule has 0 saturated carbocycles. The third-order valence-electron chi connectivity index (χ3n) is 4.55. The van der Waals surface area contributed by atoms with Gasteiger partial charge in [0.1, 0.15) is 10.6 Å². The van der Waals surface area contributed by atoms with Crippen molar-refractivity contribution in [3.05, 3.63) is 46.9 Å². The molecule has 3 aromatic heterocycles. The van der Waals surface area contributed by atoms with Crippen molar-refractivity contribution in [3.63, 3.8) is 0 Å². The zero-order valence-electron chi connectivity index (χ0n) is 15.3. The standard InChI is InChI=1S/C19H21N5O2S/c1-12-6-7-15(26-12)18-22-13(2)16(27-18)17(25)23-14-5-3-10-24(11-14)19-20-8-4-9-21-19/h4,6-9,14H,3,5,10-11H2,1-2H3,(H,23,25)/t14-/m0/s1. The van der Waals surface area contributed by atoms with Crippen molar-refractivity contribution in [2.45, 2.75) is 32.7 Å². The first-order chi connectivity index (χ1) is 13.1. The lowest BCUT2D eigenvalue weighted by atomic mass is 10.1. The van der Waals surface area contributed by atoms with Crippen LogP contribution in [0.2, 0.25) is 0 Å². The van der Waals surface area contributed by atoms with E-state index in [0.29, 0.717) is 23.1 Å². The van der Waals surface area contributed by atoms with Gasteiger partial charge in [-0.25, -0.2) is 15.0 Å². The fourth-order valence-electron chi connectivity index (χ4n) is 3.24. The number of carbonyl (C=O) groups excluding carboxylic acids is 1. The third-order valence-corrected chi connectivity index (χ3v) is 5.72. The number of piperidine rings is 1. The molecule has 0 aliphatic carbocycles. The molecule has 1 N–H and O–H groups in total. The number of carbonyl (C=O) groups is 1. The number of rotatable bonds is 4. The van der Waals surface area contributed by atoms with E-state index in [0.717, 1.165) is 35.8 Å². The quantitative estimate of drug-likeness (QED) is 0.745. The molecule has 1 saturated heterocycles. The van der Waals surface area contributed by atoms with Crippen LogP contribution in [0.3, 0.4) is 0 Å². The summed E-state index contributed by atoms with van der Waals surface area (Å²) in [7, 11) is 0. The number of amides is 1. The Hall–Kier alpha value is -2.74. The van der Waals surface area contributed by atoms with Gasteiger partial charge in [-0.3, -0.25) is 4.79 Å². The Morgan fingerprint density at radius 2 is 2.11 bits per heavy atom. The van der Waals surface area contributed by atoms with Crippen molar-refractivity contribution >= 4 is 23.2 Å². The summed E-state index contributed by atoms with van der Waals surface area (Å²) in [5, 5.41) is 3.88. The van der Waals surface area contributed by atoms with Crippen LogP contribution in [0.5, 0.6) is 0 Å². The van der Waals surface area contributed by atoms with Crippen molar-refractivity contribution in [2.75, 3.05) is 18.0 Å². The van der Waals surface area contributed by atoms with E-state index in [9.17, 15) is 4.79 Å². The number of anilines is 1. The van der Waals surface area contributed by atoms with Crippen molar-refractivity contribution in [3.8, 4) is 10.8 Å². The van der Waals surface area contributed by atoms with E-state index in [1.54, 1.807) is 18.5 Å². The Bertz CT molecular complexity index is 937. The van der Waals surface area contributed by atoms with Crippen LogP contribution in [0.15, 0.2) is 35.0 Å². The van der Waals surface area contributed by atoms with Gasteiger partial charge < -0.3 is 14.6 Å². The van der Waals surface area contributed by atoms with Crippen LogP contribution < -0.4 is 10.2 Å². The summed E-state index contributed by atoms with van der Waals surface area (Å²) in [5.74, 6) is 2.15. The average molecular weight is 383 g/mol. The second-order valence-electron chi connectivity index (χ2n) is 6.65. The summed E-state index contributed by atoms with van der Waals surface area (Å²) >= 11 is 1.36. The van der Waals surface area contributed by atoms with Crippen molar-refractivity contribution in [1.82, 2.24) is 20.3 Å². The summed E-state index contributed by atoms with van der Waals surface area (Å²) in [4.78, 5) is 28.7. The molecule has 1 aliphatic rings. The number of hydrogen-bond donors (Lipinski definition) is 1. The fourth-order valence-corrected chi connectivity index (χ4v) is 4.18. The largest absolute Gasteiger partial charge is 0.459 e. The summed E-state index contributed by atoms with van der Waals surface area (Å²) in [6.45, 7) is 5.36. The first-order valence-corrected chi connectivity index (χ1v) is 9.79. The molecule has 3 aromatic rings. The SMILES string of the molecule is Cc1ccc(-c2nc(C)c(C(=O)N[C@H]3CCCN(c4ncccn4)C3)s2)o1. The molecule has 1 aliphatic heterocycles. The lowest BCUT2D eigenvalue weighted by Crippen LogP contribution is -2.48. The van der Waals surface area contributed by atoms with Gasteiger partial charge >= 0.3 is 0 Å². The van der Waals surface area contributed by atoms with E-state index < -0.39 is 0 Å². The number of nitrogens with zero attached hydrogens (tertiary/aromatic N) is 4. The Labute approximate surface area is 161 Å². The molecule has 4 rings (SSSR count). The van der Waals surface area contributed by atoms with Gasteiger partial charge in [-0.2, -0.15) is 0 Å². The highest BCUT2D eigenvalue weighted by atomic mass is 32.1. The Kier molecular flexibility index (Phi) is 4.89. The highest BCUT2D eigenvalue weighted by molar-refractivity contribution is 7.17. The predicted molar refractivity (Wildman–Crippen MR) is 104 cm³/mol. The van der Waals surface area contributed by atoms with E-state index in [4.69, 9.17) is 4.42 Å². The maximum atomic E-state index is 12.8. The van der Waals surface area contributed by atoms with Gasteiger partial charge in [0.25, 0.3) is 5.91 Å². The van der Waals surface area contributed by atoms with Crippen LogP contribution in [-0.2, 0) is 0 Å². The Balaban J connectivity index is 1.45. The second-order valence-corrected chi connectivity index (χ2v) is 7.65. The molecular weight excluding hydrogens is 362 g/mol. The summed E-state index contributed by atoms with van der Waals surface area (Å²) in [6, 6.07) is 5.64. The summed E-state index contributed by atoms with van der Waals surface area (Å²) in [6.07, 6.45) is 5.41. The third kappa shape index (κ3) is 3.85. The topological polar surface area (TPSA) is 84.2 Å². The number of nitrogens with one attached hydrogen (secondary N) is 1. The lowest BCUT2D eigenvalue weighted by Gasteiger charge is -2.33. The highest BCUT2D eigenvalue weighted by Crippen LogP contribution is 2.29. The van der Waals surface area contributed by atoms with Gasteiger partial charge in [-0.05, 0) is 44.9 Å². The molecule has 1 fully saturated rings. The predicted octanol–water partition coefficient (Wildman–Crippen LogP) is 3.21. The van der Waals surface area contributed by atoms with Crippen LogP contribution in [-0.4, -0.2) is 40.0 Å². The molecule has 27 heavy (non-hydrogen) atoms. The first kappa shape index (κ1) is 17.7. The van der Waals surface area contributed by atoms with Gasteiger partial charge in [0.05, 0.1) is 5.69 Å². The number of aromatic nitrogens is 3. The smallest absolute Gasteiger partial charge is 0.263 e. The summed E-state index contributed by atoms with van der Waals surface area (Å²) in [5.41, 5.74) is 0.723. The number of furan rings is 1. The number of thiazole rings is 1. The molecular formula is C19H21N5O2S. The highest BCUT2D eigenvalue weighted by Gasteiger charge is 2.25. The van der Waals surface area contributed by atoms with E-state index in [-0.39, 0.29) is 11.9 Å². The van der Waals surface area contributed by atoms with Gasteiger partial charge in [0.15, 0.2) is 10.8 Å². The average Bonchev–Trinajstić information content (AvgIpc) is 3.28. The molecule has 7 nitrogen and oxygen atoms in total. The molecule has 1 atom stereocenters. The second kappa shape index (κ2) is 7.48. The van der Waals surface area contributed by atoms with Crippen molar-refractivity contribution in [1.29, 1.82) is 0 Å². The van der Waals surface area contributed by atoms with Crippen LogP contribution in [0.1, 0.15) is 34.0 Å². The van der Waals surface area contributed by atoms with Gasteiger partial charge in [-0.1, -0.05) is 0 Å². The number of aryl methyl sites for hydroxylation is 2. The molecule has 0 unspecified atom stereocenters. The van der Waals surface area contributed by atoms with Crippen molar-refractivity contribution < 1.29 is 9.21 Å². The molecule has 4 heterocycles. The molecule has 0 spiro atoms. The van der Waals surface area contributed by atoms with E-state index >= 15 is 0 Å². The molecule has 0 radical (unpaired) electrons. The first-order valence-electron chi connectivity index (χ1n) is 8.97. The van der Waals surface area contributed by atoms with E-state index in [2.05, 4.69) is 25.2 Å². The monoisotopic (exact) mass is 383 g/mol. The zero-order valence-corrected chi connectivity index (χ0v) is 16.1. The van der Waals surface area contributed by atoms with Gasteiger partial charge in [0, 0.05) is 31.5 Å². The number of hydrogen-bond acceptors (Lipinski definition) is 7. The Morgan fingerprint density at radius 1 is 1.30 bits per heavy atom. The minimum absolute atomic E-state index is 0.0610. The van der Waals surface area contributed by atoms with Gasteiger partial charge in [0.2, 0.25) is 5.95 Å². The fraction of sp³-hybridized carbons (Fsp3) is 0.368. The van der Waals surface area contributed by atoms with Crippen LogP contribution in [0.25, 0.3) is 10.8 Å². The van der Waals surface area contributed by atoms with Crippen molar-refractivity contribution in [2.24, 2.45) is 0 Å². The molecule has 0 bridgehead atoms. The molecule has 8 heteroatoms. The van der Waals surface area contributed by atoms with Crippen LogP contribution in [0.4, 0.5) is 5.95 Å². The van der Waals surface area contributed by atoms with Gasteiger partial charge in [-0.15, -0.1) is 11.3 Å². The lowest BCUT2D eigenvalue weighted by molar-refractivity contribution is 0.0936. The minimum atomic E-state index is -0.0830. The maximum Gasteiger partial charge on any atom is 0.263 e. The Morgan fingerprint density at radius 3 is 2.85 bits per heavy atom. The molecule has 1 amide bonds. The maximum absolute atomic E-state index is 12.8. The van der Waals surface area contributed by atoms with E-state index in [1.807, 2.05) is 26.0 Å². The normalized spacial score (nSPS) is 17.1. The summed E-state index contributed by atoms with van der Waals surface area (Å²) < 4.78 is 5.63.